The van der Waals surface area contributed by atoms with E-state index in [1.165, 1.54) is 116 Å². The third-order valence-corrected chi connectivity index (χ3v) is 11.4. The molecule has 0 aromatic heterocycles. The normalized spacial score (nSPS) is 12.6. The van der Waals surface area contributed by atoms with E-state index in [0.29, 0.717) is 0 Å². The standard InChI is InChI=1S/C25H57N3Si/c1-8-14-20-26(21-15-9-2)29(7,27(22-16-10-3)23-17-11-4)28(24-18-12-5)25-19-13-6/h8-25H2,1-7H3. The second kappa shape index (κ2) is 18.8. The Morgan fingerprint density at radius 3 is 0.690 bits per heavy atom. The van der Waals surface area contributed by atoms with Crippen molar-refractivity contribution in [1.82, 2.24) is 13.7 Å². The summed E-state index contributed by atoms with van der Waals surface area (Å²) in [5, 5.41) is 0. The van der Waals surface area contributed by atoms with Crippen LogP contribution in [0.1, 0.15) is 119 Å². The van der Waals surface area contributed by atoms with Crippen LogP contribution in [-0.4, -0.2) is 61.5 Å². The van der Waals surface area contributed by atoms with Crippen LogP contribution in [0, 0.1) is 0 Å². The molecule has 0 aromatic carbocycles. The highest BCUT2D eigenvalue weighted by atomic mass is 28.4. The maximum Gasteiger partial charge on any atom is 0.286 e. The van der Waals surface area contributed by atoms with Crippen LogP contribution in [0.3, 0.4) is 0 Å². The molecule has 0 fully saturated rings. The molecule has 0 radical (unpaired) electrons. The fourth-order valence-electron chi connectivity index (χ4n) is 4.30. The first-order valence-electron chi connectivity index (χ1n) is 13.3. The minimum atomic E-state index is -1.86. The van der Waals surface area contributed by atoms with Gasteiger partial charge in [0.15, 0.2) is 0 Å². The summed E-state index contributed by atoms with van der Waals surface area (Å²) in [7, 11) is -1.86. The molecule has 0 rings (SSSR count). The summed E-state index contributed by atoms with van der Waals surface area (Å²) in [4.78, 5) is 0. The molecule has 0 spiro atoms. The number of rotatable bonds is 21. The molecule has 0 atom stereocenters. The zero-order valence-corrected chi connectivity index (χ0v) is 22.6. The summed E-state index contributed by atoms with van der Waals surface area (Å²) in [6.07, 6.45) is 15.9. The van der Waals surface area contributed by atoms with Gasteiger partial charge in [0.2, 0.25) is 0 Å². The fourth-order valence-corrected chi connectivity index (χ4v) is 8.99. The lowest BCUT2D eigenvalue weighted by atomic mass is 10.3. The van der Waals surface area contributed by atoms with Crippen LogP contribution >= 0.6 is 0 Å². The highest BCUT2D eigenvalue weighted by Crippen LogP contribution is 2.25. The van der Waals surface area contributed by atoms with Gasteiger partial charge in [0.05, 0.1) is 0 Å². The quantitative estimate of drug-likeness (QED) is 0.178. The summed E-state index contributed by atoms with van der Waals surface area (Å²) in [5.41, 5.74) is 0. The Morgan fingerprint density at radius 2 is 0.552 bits per heavy atom. The lowest BCUT2D eigenvalue weighted by Crippen LogP contribution is -2.74. The molecule has 4 heteroatoms. The van der Waals surface area contributed by atoms with Gasteiger partial charge in [-0.3, -0.25) is 13.7 Å². The average molecular weight is 428 g/mol. The van der Waals surface area contributed by atoms with Gasteiger partial charge in [-0.15, -0.1) is 0 Å². The van der Waals surface area contributed by atoms with Gasteiger partial charge in [0.1, 0.15) is 0 Å². The van der Waals surface area contributed by atoms with E-state index in [4.69, 9.17) is 0 Å². The summed E-state index contributed by atoms with van der Waals surface area (Å²) < 4.78 is 9.03. The molecule has 29 heavy (non-hydrogen) atoms. The SMILES string of the molecule is CCCCN(CCCC)[Si](C)(N(CCCC)CCCC)N(CCCC)CCCC. The van der Waals surface area contributed by atoms with Crippen molar-refractivity contribution in [2.45, 2.75) is 125 Å². The van der Waals surface area contributed by atoms with Crippen LogP contribution in [0.15, 0.2) is 0 Å². The first-order chi connectivity index (χ1) is 14.1. The smallest absolute Gasteiger partial charge is 0.286 e. The third-order valence-electron chi connectivity index (χ3n) is 6.49. The molecule has 0 unspecified atom stereocenters. The van der Waals surface area contributed by atoms with Crippen LogP contribution in [0.2, 0.25) is 6.55 Å². The van der Waals surface area contributed by atoms with Crippen LogP contribution in [-0.2, 0) is 0 Å². The van der Waals surface area contributed by atoms with Crippen molar-refractivity contribution in [3.05, 3.63) is 0 Å². The van der Waals surface area contributed by atoms with E-state index < -0.39 is 8.56 Å². The zero-order valence-electron chi connectivity index (χ0n) is 21.6. The van der Waals surface area contributed by atoms with Crippen LogP contribution < -0.4 is 0 Å². The van der Waals surface area contributed by atoms with Gasteiger partial charge in [0.25, 0.3) is 8.56 Å². The largest absolute Gasteiger partial charge is 0.300 e. The van der Waals surface area contributed by atoms with Crippen molar-refractivity contribution < 1.29 is 0 Å². The summed E-state index contributed by atoms with van der Waals surface area (Å²) >= 11 is 0. The van der Waals surface area contributed by atoms with E-state index in [1.54, 1.807) is 0 Å². The zero-order chi connectivity index (χ0) is 22.0. The van der Waals surface area contributed by atoms with Gasteiger partial charge < -0.3 is 0 Å². The van der Waals surface area contributed by atoms with Crippen LogP contribution in [0.5, 0.6) is 0 Å². The van der Waals surface area contributed by atoms with E-state index in [-0.39, 0.29) is 0 Å². The van der Waals surface area contributed by atoms with Crippen molar-refractivity contribution in [2.75, 3.05) is 39.3 Å². The lowest BCUT2D eigenvalue weighted by molar-refractivity contribution is 0.228. The first kappa shape index (κ1) is 29.1. The Bertz CT molecular complexity index is 277. The van der Waals surface area contributed by atoms with Gasteiger partial charge in [-0.05, 0) is 84.3 Å². The Hall–Kier alpha value is 0.0969. The lowest BCUT2D eigenvalue weighted by Gasteiger charge is -2.53. The molecular formula is C25H57N3Si. The summed E-state index contributed by atoms with van der Waals surface area (Å²) in [5.74, 6) is 0. The highest BCUT2D eigenvalue weighted by Gasteiger charge is 2.45. The first-order valence-corrected chi connectivity index (χ1v) is 15.7. The van der Waals surface area contributed by atoms with E-state index >= 15 is 0 Å². The Kier molecular flexibility index (Phi) is 18.9. The van der Waals surface area contributed by atoms with E-state index in [9.17, 15) is 0 Å². The maximum atomic E-state index is 3.01. The molecule has 0 aliphatic carbocycles. The number of hydrogen-bond acceptors (Lipinski definition) is 3. The summed E-state index contributed by atoms with van der Waals surface area (Å²) in [6.45, 7) is 24.6. The van der Waals surface area contributed by atoms with E-state index in [2.05, 4.69) is 61.8 Å². The highest BCUT2D eigenvalue weighted by molar-refractivity contribution is 6.70. The average Bonchev–Trinajstić information content (AvgIpc) is 2.73. The molecule has 0 aliphatic heterocycles. The predicted octanol–water partition coefficient (Wildman–Crippen LogP) is 7.26. The van der Waals surface area contributed by atoms with Crippen molar-refractivity contribution in [1.29, 1.82) is 0 Å². The topological polar surface area (TPSA) is 9.72 Å². The monoisotopic (exact) mass is 427 g/mol. The Balaban J connectivity index is 6.01. The molecule has 0 N–H and O–H groups in total. The van der Waals surface area contributed by atoms with Crippen molar-refractivity contribution in [2.24, 2.45) is 0 Å². The number of nitrogens with zero attached hydrogens (tertiary/aromatic N) is 3. The molecule has 3 nitrogen and oxygen atoms in total. The van der Waals surface area contributed by atoms with Crippen LogP contribution in [0.4, 0.5) is 0 Å². The molecule has 0 saturated carbocycles. The van der Waals surface area contributed by atoms with Gasteiger partial charge >= 0.3 is 0 Å². The van der Waals surface area contributed by atoms with Gasteiger partial charge in [0, 0.05) is 0 Å². The van der Waals surface area contributed by atoms with Crippen molar-refractivity contribution in [3.8, 4) is 0 Å². The Morgan fingerprint density at radius 1 is 0.379 bits per heavy atom. The molecule has 0 bridgehead atoms. The number of unbranched alkanes of at least 4 members (excludes halogenated alkanes) is 6. The van der Waals surface area contributed by atoms with Gasteiger partial charge in [-0.1, -0.05) is 80.1 Å². The predicted molar refractivity (Wildman–Crippen MR) is 136 cm³/mol. The van der Waals surface area contributed by atoms with Gasteiger partial charge in [-0.2, -0.15) is 0 Å². The molecule has 0 saturated heterocycles. The van der Waals surface area contributed by atoms with Crippen molar-refractivity contribution >= 4 is 8.56 Å². The third kappa shape index (κ3) is 10.8. The minimum absolute atomic E-state index is 1.29. The molecule has 0 amide bonds. The Labute approximate surface area is 186 Å². The molecule has 0 heterocycles. The van der Waals surface area contributed by atoms with E-state index in [0.717, 1.165) is 0 Å². The minimum Gasteiger partial charge on any atom is -0.300 e. The van der Waals surface area contributed by atoms with Crippen molar-refractivity contribution in [3.63, 3.8) is 0 Å². The second-order valence-electron chi connectivity index (χ2n) is 9.05. The van der Waals surface area contributed by atoms with Gasteiger partial charge in [-0.25, -0.2) is 0 Å². The number of hydrogen-bond donors (Lipinski definition) is 0. The maximum absolute atomic E-state index is 3.01. The summed E-state index contributed by atoms with van der Waals surface area (Å²) in [6, 6.07) is 0. The second-order valence-corrected chi connectivity index (χ2v) is 12.9. The molecule has 0 aliphatic rings. The van der Waals surface area contributed by atoms with Crippen LogP contribution in [0.25, 0.3) is 0 Å². The molecular weight excluding hydrogens is 370 g/mol. The fraction of sp³-hybridized carbons (Fsp3) is 1.00. The molecule has 0 aromatic rings. The van der Waals surface area contributed by atoms with E-state index in [1.807, 2.05) is 0 Å². The molecule has 176 valence electrons.